The minimum atomic E-state index is -0.954. The standard InChI is InChI=1S/C68H66BN3/c1-65(2,3)47-31-37-55(38-32-47)71-60-41-35-51(66(4,5)6)43-58(60)69-59-44-52(68(9,10)49-25-17-12-18-26-49)36-42-61(59)72(56-39-33-50(34-40-56)67(7,8)48-23-15-11-16-24-48)63-46-57(45-62(71)64(63)69)70(53-27-19-13-20-28-53)54-29-21-14-22-30-54/h11-46H,1-10H3/i11D,12D,15D,16D,17D,18D,37D,38D,39D,40D,41D,42D. The molecular weight excluding hydrogens is 870 g/mol. The molecule has 0 bridgehead atoms. The first-order valence-electron chi connectivity index (χ1n) is 30.8. The van der Waals surface area contributed by atoms with Gasteiger partial charge in [-0.05, 0) is 133 Å². The number of fused-ring (bicyclic) bond motifs is 4. The van der Waals surface area contributed by atoms with Crippen LogP contribution in [0.2, 0.25) is 0 Å². The predicted octanol–water partition coefficient (Wildman–Crippen LogP) is 16.5. The molecule has 0 unspecified atom stereocenters. The van der Waals surface area contributed by atoms with E-state index < -0.39 is 28.4 Å². The minimum Gasteiger partial charge on any atom is -0.311 e. The van der Waals surface area contributed by atoms with Crippen molar-refractivity contribution in [2.24, 2.45) is 0 Å². The fraction of sp³-hybridized carbons (Fsp3) is 0.206. The van der Waals surface area contributed by atoms with E-state index in [4.69, 9.17) is 8.22 Å². The summed E-state index contributed by atoms with van der Waals surface area (Å²) in [6.45, 7) is 19.4. The van der Waals surface area contributed by atoms with Crippen molar-refractivity contribution in [3.63, 3.8) is 0 Å². The number of anilines is 9. The van der Waals surface area contributed by atoms with E-state index in [9.17, 15) is 8.22 Å². The summed E-state index contributed by atoms with van der Waals surface area (Å²) in [6, 6.07) is 44.5. The molecule has 11 rings (SSSR count). The molecule has 0 atom stereocenters. The Labute approximate surface area is 446 Å². The summed E-state index contributed by atoms with van der Waals surface area (Å²) in [5, 5.41) is 0. The lowest BCUT2D eigenvalue weighted by Gasteiger charge is -2.46. The van der Waals surface area contributed by atoms with E-state index in [0.717, 1.165) is 22.5 Å². The molecular formula is C68H66BN3. The third-order valence-corrected chi connectivity index (χ3v) is 14.9. The molecule has 3 nitrogen and oxygen atoms in total. The van der Waals surface area contributed by atoms with Gasteiger partial charge in [-0.1, -0.05) is 215 Å². The molecule has 2 aliphatic rings. The van der Waals surface area contributed by atoms with Crippen LogP contribution in [-0.4, -0.2) is 6.71 Å². The molecule has 356 valence electrons. The van der Waals surface area contributed by atoms with Gasteiger partial charge < -0.3 is 14.7 Å². The molecule has 0 fully saturated rings. The molecule has 9 aromatic carbocycles. The second kappa shape index (κ2) is 17.6. The fourth-order valence-corrected chi connectivity index (χ4v) is 10.3. The van der Waals surface area contributed by atoms with E-state index >= 15 is 0 Å². The summed E-state index contributed by atoms with van der Waals surface area (Å²) in [5.74, 6) is 0. The van der Waals surface area contributed by atoms with Gasteiger partial charge in [0.25, 0.3) is 6.71 Å². The Morgan fingerprint density at radius 3 is 1.18 bits per heavy atom. The molecule has 0 aliphatic carbocycles. The SMILES string of the molecule is [2H]c1cc(C(C)(C)c2cc([2H])c(N3c4cc(N(c5ccccc5)c5ccccc5)cc5c4B(c4cc(C(C)(C)C)cc([2H])c4N5c4c([2H])cc(C(C)(C)C)cc4[2H])c4cc(C(C)(C)c5cc([2H])c([2H])c([2H])c5)cc([2H])c43)c([2H])c2)cc([2H])c1[2H]. The van der Waals surface area contributed by atoms with Crippen LogP contribution in [0.5, 0.6) is 0 Å². The first-order chi connectivity index (χ1) is 39.4. The summed E-state index contributed by atoms with van der Waals surface area (Å²) in [5.41, 5.74) is 7.88. The lowest BCUT2D eigenvalue weighted by atomic mass is 9.33. The lowest BCUT2D eigenvalue weighted by Crippen LogP contribution is -2.61. The second-order valence-electron chi connectivity index (χ2n) is 22.2. The van der Waals surface area contributed by atoms with E-state index in [1.165, 1.54) is 0 Å². The highest BCUT2D eigenvalue weighted by Crippen LogP contribution is 2.49. The van der Waals surface area contributed by atoms with Crippen molar-refractivity contribution in [3.8, 4) is 0 Å². The van der Waals surface area contributed by atoms with Gasteiger partial charge in [-0.25, -0.2) is 0 Å². The van der Waals surface area contributed by atoms with Gasteiger partial charge in [0.05, 0.1) is 22.1 Å². The smallest absolute Gasteiger partial charge is 0.252 e. The maximum absolute atomic E-state index is 10.5. The Balaban J connectivity index is 1.32. The van der Waals surface area contributed by atoms with Crippen LogP contribution in [0.15, 0.2) is 218 Å². The Kier molecular flexibility index (Phi) is 8.50. The van der Waals surface area contributed by atoms with Crippen LogP contribution in [0, 0.1) is 0 Å². The highest BCUT2D eigenvalue weighted by Gasteiger charge is 2.45. The van der Waals surface area contributed by atoms with Crippen LogP contribution >= 0.6 is 0 Å². The van der Waals surface area contributed by atoms with Crippen molar-refractivity contribution in [2.75, 3.05) is 14.7 Å². The molecule has 0 aromatic heterocycles. The van der Waals surface area contributed by atoms with Crippen molar-refractivity contribution in [1.29, 1.82) is 0 Å². The molecule has 9 aromatic rings. The van der Waals surface area contributed by atoms with E-state index in [1.807, 2.05) is 135 Å². The summed E-state index contributed by atoms with van der Waals surface area (Å²) in [6.07, 6.45) is 0. The quantitative estimate of drug-likeness (QED) is 0.134. The maximum atomic E-state index is 10.5. The van der Waals surface area contributed by atoms with Crippen molar-refractivity contribution >= 4 is 74.3 Å². The Morgan fingerprint density at radius 1 is 0.361 bits per heavy atom. The predicted molar refractivity (Wildman–Crippen MR) is 310 cm³/mol. The first kappa shape index (κ1) is 34.7. The van der Waals surface area contributed by atoms with Gasteiger partial charge in [0.1, 0.15) is 0 Å². The maximum Gasteiger partial charge on any atom is 0.252 e. The average Bonchev–Trinajstić information content (AvgIpc) is 0.704. The molecule has 0 saturated heterocycles. The fourth-order valence-electron chi connectivity index (χ4n) is 10.3. The van der Waals surface area contributed by atoms with Gasteiger partial charge in [0, 0.05) is 56.3 Å². The summed E-state index contributed by atoms with van der Waals surface area (Å²) < 4.78 is 113. The lowest BCUT2D eigenvalue weighted by molar-refractivity contribution is 0.590. The van der Waals surface area contributed by atoms with Crippen LogP contribution in [0.25, 0.3) is 0 Å². The number of rotatable bonds is 9. The Morgan fingerprint density at radius 2 is 0.736 bits per heavy atom. The van der Waals surface area contributed by atoms with Crippen LogP contribution in [0.3, 0.4) is 0 Å². The number of para-hydroxylation sites is 2. The van der Waals surface area contributed by atoms with Crippen LogP contribution < -0.4 is 31.1 Å². The van der Waals surface area contributed by atoms with Crippen molar-refractivity contribution in [3.05, 3.63) is 251 Å². The van der Waals surface area contributed by atoms with Gasteiger partial charge in [-0.15, -0.1) is 0 Å². The monoisotopic (exact) mass is 948 g/mol. The van der Waals surface area contributed by atoms with Gasteiger partial charge in [0.15, 0.2) is 0 Å². The number of hydrogen-bond donors (Lipinski definition) is 0. The third kappa shape index (κ3) is 8.12. The highest BCUT2D eigenvalue weighted by atomic mass is 15.2. The zero-order chi connectivity index (χ0) is 60.6. The van der Waals surface area contributed by atoms with E-state index in [-0.39, 0.29) is 83.9 Å². The third-order valence-electron chi connectivity index (χ3n) is 14.9. The molecule has 72 heavy (non-hydrogen) atoms. The number of hydrogen-bond acceptors (Lipinski definition) is 3. The van der Waals surface area contributed by atoms with Crippen molar-refractivity contribution in [2.45, 2.75) is 90.9 Å². The Hall–Kier alpha value is -7.56. The van der Waals surface area contributed by atoms with E-state index in [1.54, 1.807) is 42.5 Å². The van der Waals surface area contributed by atoms with Gasteiger partial charge in [-0.2, -0.15) is 0 Å². The zero-order valence-corrected chi connectivity index (χ0v) is 42.8. The first-order valence-corrected chi connectivity index (χ1v) is 24.8. The molecule has 0 spiro atoms. The summed E-state index contributed by atoms with van der Waals surface area (Å²) in [7, 11) is 0. The largest absolute Gasteiger partial charge is 0.311 e. The molecule has 0 N–H and O–H groups in total. The molecule has 0 radical (unpaired) electrons. The molecule has 2 heterocycles. The van der Waals surface area contributed by atoms with E-state index in [0.29, 0.717) is 67.1 Å². The number of nitrogens with zero attached hydrogens (tertiary/aromatic N) is 3. The van der Waals surface area contributed by atoms with Gasteiger partial charge in [-0.3, -0.25) is 0 Å². The normalized spacial score (nSPS) is 15.7. The number of benzene rings is 9. The molecule has 0 amide bonds. The summed E-state index contributed by atoms with van der Waals surface area (Å²) >= 11 is 0. The highest BCUT2D eigenvalue weighted by molar-refractivity contribution is 7.00. The Bertz CT molecular complexity index is 4040. The molecule has 4 heteroatoms. The average molecular weight is 948 g/mol. The zero-order valence-electron chi connectivity index (χ0n) is 54.8. The van der Waals surface area contributed by atoms with Gasteiger partial charge >= 0.3 is 0 Å². The second-order valence-corrected chi connectivity index (χ2v) is 22.2. The topological polar surface area (TPSA) is 9.72 Å². The van der Waals surface area contributed by atoms with Crippen LogP contribution in [0.4, 0.5) is 51.2 Å². The van der Waals surface area contributed by atoms with Crippen molar-refractivity contribution < 1.29 is 16.4 Å². The van der Waals surface area contributed by atoms with Crippen LogP contribution in [-0.2, 0) is 21.7 Å². The molecule has 0 saturated carbocycles. The van der Waals surface area contributed by atoms with Crippen LogP contribution in [0.1, 0.15) is 119 Å². The van der Waals surface area contributed by atoms with Crippen molar-refractivity contribution in [1.82, 2.24) is 0 Å². The minimum absolute atomic E-state index is 0.0483. The molecule has 2 aliphatic heterocycles. The van der Waals surface area contributed by atoms with Gasteiger partial charge in [0.2, 0.25) is 0 Å². The van der Waals surface area contributed by atoms with E-state index in [2.05, 4.69) is 52.5 Å². The summed E-state index contributed by atoms with van der Waals surface area (Å²) in [4.78, 5) is 5.86.